The smallest absolute Gasteiger partial charge is 0.257 e. The topological polar surface area (TPSA) is 66.5 Å². The summed E-state index contributed by atoms with van der Waals surface area (Å²) in [6, 6.07) is 8.05. The van der Waals surface area contributed by atoms with Crippen LogP contribution in [0.1, 0.15) is 19.3 Å². The summed E-state index contributed by atoms with van der Waals surface area (Å²) in [6.07, 6.45) is 4.75. The summed E-state index contributed by atoms with van der Waals surface area (Å²) in [4.78, 5) is 18.5. The largest absolute Gasteiger partial charge is 0.484 e. The molecule has 2 aromatic rings. The lowest BCUT2D eigenvalue weighted by molar-refractivity contribution is -0.123. The van der Waals surface area contributed by atoms with E-state index in [1.54, 1.807) is 6.20 Å². The van der Waals surface area contributed by atoms with Crippen molar-refractivity contribution in [3.05, 3.63) is 59.6 Å². The van der Waals surface area contributed by atoms with Crippen molar-refractivity contribution in [2.24, 2.45) is 0 Å². The number of benzene rings is 1. The molecule has 1 amide bonds. The van der Waals surface area contributed by atoms with Crippen molar-refractivity contribution < 1.29 is 13.9 Å². The minimum absolute atomic E-state index is 0.00766. The van der Waals surface area contributed by atoms with Gasteiger partial charge in [0.15, 0.2) is 6.61 Å². The van der Waals surface area contributed by atoms with Gasteiger partial charge in [0.05, 0.1) is 5.02 Å². The van der Waals surface area contributed by atoms with E-state index in [0.717, 1.165) is 36.4 Å². The highest BCUT2D eigenvalue weighted by atomic mass is 35.5. The highest BCUT2D eigenvalue weighted by Crippen LogP contribution is 2.22. The lowest BCUT2D eigenvalue weighted by Crippen LogP contribution is -2.30. The predicted molar refractivity (Wildman–Crippen MR) is 113 cm³/mol. The molecule has 1 aliphatic rings. The summed E-state index contributed by atoms with van der Waals surface area (Å²) in [6.45, 7) is 6.32. The van der Waals surface area contributed by atoms with Gasteiger partial charge in [-0.1, -0.05) is 18.2 Å². The van der Waals surface area contributed by atoms with Gasteiger partial charge < -0.3 is 20.3 Å². The number of carbonyl (C=O) groups is 1. The zero-order valence-corrected chi connectivity index (χ0v) is 16.8. The molecule has 1 fully saturated rings. The molecule has 2 N–H and O–H groups in total. The average molecular weight is 419 g/mol. The molecule has 0 spiro atoms. The maximum absolute atomic E-state index is 13.3. The maximum atomic E-state index is 13.3. The molecule has 0 radical (unpaired) electrons. The summed E-state index contributed by atoms with van der Waals surface area (Å²) in [5, 5.41) is 5.93. The van der Waals surface area contributed by atoms with Crippen LogP contribution in [0.25, 0.3) is 0 Å². The van der Waals surface area contributed by atoms with E-state index in [1.807, 2.05) is 12.1 Å². The molecule has 1 aromatic heterocycles. The number of hydrogen-bond donors (Lipinski definition) is 2. The molecule has 1 aromatic carbocycles. The van der Waals surface area contributed by atoms with Gasteiger partial charge in [-0.3, -0.25) is 4.79 Å². The lowest BCUT2D eigenvalue weighted by atomic mass is 10.3. The monoisotopic (exact) mass is 418 g/mol. The minimum atomic E-state index is -0.589. The molecule has 0 atom stereocenters. The summed E-state index contributed by atoms with van der Waals surface area (Å²) in [5.74, 6) is 0.0904. The first kappa shape index (κ1) is 20.9. The van der Waals surface area contributed by atoms with E-state index in [9.17, 15) is 9.18 Å². The second-order valence-corrected chi connectivity index (χ2v) is 7.19. The first-order valence-corrected chi connectivity index (χ1v) is 9.89. The number of nitrogens with zero attached hydrogens (tertiary/aromatic N) is 2. The van der Waals surface area contributed by atoms with Gasteiger partial charge in [-0.25, -0.2) is 9.37 Å². The fourth-order valence-electron chi connectivity index (χ4n) is 3.02. The van der Waals surface area contributed by atoms with E-state index < -0.39 is 5.82 Å². The van der Waals surface area contributed by atoms with Crippen molar-refractivity contribution in [1.82, 2.24) is 10.3 Å². The second kappa shape index (κ2) is 10.1. The standard InChI is InChI=1S/C21H24ClFN4O2/c1-15(26-20-12-16(7-9-24-20)27-10-2-3-11-27)6-8-25-21(28)14-29-17-4-5-18(22)19(23)13-17/h4-5,7,9,12-13H,1-3,6,8,10-11,14H2,(H,24,26)(H,25,28). The molecule has 8 heteroatoms. The number of pyridine rings is 1. The Labute approximate surface area is 174 Å². The van der Waals surface area contributed by atoms with Crippen LogP contribution in [0.15, 0.2) is 48.8 Å². The van der Waals surface area contributed by atoms with Gasteiger partial charge in [-0.15, -0.1) is 0 Å². The van der Waals surface area contributed by atoms with Crippen LogP contribution in [0.2, 0.25) is 5.02 Å². The number of rotatable bonds is 9. The second-order valence-electron chi connectivity index (χ2n) is 6.79. The number of nitrogens with one attached hydrogen (secondary N) is 2. The Balaban J connectivity index is 1.37. The molecule has 154 valence electrons. The molecule has 0 unspecified atom stereocenters. The molecule has 0 bridgehead atoms. The Bertz CT molecular complexity index is 872. The van der Waals surface area contributed by atoms with E-state index in [-0.39, 0.29) is 23.3 Å². The molecular formula is C21H24ClFN4O2. The quantitative estimate of drug-likeness (QED) is 0.644. The van der Waals surface area contributed by atoms with Gasteiger partial charge in [-0.2, -0.15) is 0 Å². The Kier molecular flexibility index (Phi) is 7.30. The van der Waals surface area contributed by atoms with Crippen molar-refractivity contribution in [2.75, 3.05) is 36.5 Å². The van der Waals surface area contributed by atoms with Crippen LogP contribution in [0, 0.1) is 5.82 Å². The SMILES string of the molecule is C=C(CCNC(=O)COc1ccc(Cl)c(F)c1)Nc1cc(N2CCCC2)ccn1. The fraction of sp³-hybridized carbons (Fsp3) is 0.333. The molecule has 1 aliphatic heterocycles. The summed E-state index contributed by atoms with van der Waals surface area (Å²) in [5.41, 5.74) is 1.90. The third-order valence-corrected chi connectivity index (χ3v) is 4.84. The molecule has 6 nitrogen and oxygen atoms in total. The number of ether oxygens (including phenoxy) is 1. The van der Waals surface area contributed by atoms with Crippen LogP contribution >= 0.6 is 11.6 Å². The van der Waals surface area contributed by atoms with Gasteiger partial charge in [0, 0.05) is 55.8 Å². The van der Waals surface area contributed by atoms with E-state index in [2.05, 4.69) is 27.1 Å². The molecular weight excluding hydrogens is 395 g/mol. The van der Waals surface area contributed by atoms with Crippen LogP contribution in [-0.2, 0) is 4.79 Å². The average Bonchev–Trinajstić information content (AvgIpc) is 3.24. The number of amides is 1. The third kappa shape index (κ3) is 6.35. The summed E-state index contributed by atoms with van der Waals surface area (Å²) >= 11 is 5.61. The van der Waals surface area contributed by atoms with Crippen LogP contribution in [-0.4, -0.2) is 37.1 Å². The number of carbonyl (C=O) groups excluding carboxylic acids is 1. The Morgan fingerprint density at radius 1 is 1.28 bits per heavy atom. The van der Waals surface area contributed by atoms with Gasteiger partial charge in [-0.05, 0) is 31.0 Å². The molecule has 3 rings (SSSR count). The lowest BCUT2D eigenvalue weighted by Gasteiger charge is -2.18. The summed E-state index contributed by atoms with van der Waals surface area (Å²) in [7, 11) is 0. The molecule has 0 aliphatic carbocycles. The summed E-state index contributed by atoms with van der Waals surface area (Å²) < 4.78 is 18.6. The predicted octanol–water partition coefficient (Wildman–Crippen LogP) is 3.99. The van der Waals surface area contributed by atoms with Gasteiger partial charge in [0.25, 0.3) is 5.91 Å². The van der Waals surface area contributed by atoms with Crippen LogP contribution in [0.4, 0.5) is 15.9 Å². The molecule has 29 heavy (non-hydrogen) atoms. The maximum Gasteiger partial charge on any atom is 0.257 e. The molecule has 2 heterocycles. The number of hydrogen-bond acceptors (Lipinski definition) is 5. The zero-order chi connectivity index (χ0) is 20.6. The van der Waals surface area contributed by atoms with E-state index in [0.29, 0.717) is 13.0 Å². The van der Waals surface area contributed by atoms with Gasteiger partial charge in [0.2, 0.25) is 0 Å². The highest BCUT2D eigenvalue weighted by Gasteiger charge is 2.13. The first-order valence-electron chi connectivity index (χ1n) is 9.51. The van der Waals surface area contributed by atoms with Crippen LogP contribution in [0.3, 0.4) is 0 Å². The van der Waals surface area contributed by atoms with Crippen molar-refractivity contribution in [3.63, 3.8) is 0 Å². The molecule has 1 saturated heterocycles. The van der Waals surface area contributed by atoms with Crippen molar-refractivity contribution in [1.29, 1.82) is 0 Å². The Morgan fingerprint density at radius 3 is 2.83 bits per heavy atom. The number of anilines is 2. The first-order chi connectivity index (χ1) is 14.0. The van der Waals surface area contributed by atoms with E-state index >= 15 is 0 Å². The Hall–Kier alpha value is -2.80. The zero-order valence-electron chi connectivity index (χ0n) is 16.1. The van der Waals surface area contributed by atoms with Crippen LogP contribution < -0.4 is 20.3 Å². The van der Waals surface area contributed by atoms with E-state index in [4.69, 9.17) is 16.3 Å². The minimum Gasteiger partial charge on any atom is -0.484 e. The van der Waals surface area contributed by atoms with Crippen molar-refractivity contribution >= 4 is 29.0 Å². The normalized spacial score (nSPS) is 13.2. The van der Waals surface area contributed by atoms with Gasteiger partial charge >= 0.3 is 0 Å². The third-order valence-electron chi connectivity index (χ3n) is 4.53. The Morgan fingerprint density at radius 2 is 2.07 bits per heavy atom. The number of halogens is 2. The van der Waals surface area contributed by atoms with E-state index in [1.165, 1.54) is 25.0 Å². The van der Waals surface area contributed by atoms with Crippen molar-refractivity contribution in [2.45, 2.75) is 19.3 Å². The highest BCUT2D eigenvalue weighted by molar-refractivity contribution is 6.30. The van der Waals surface area contributed by atoms with Crippen LogP contribution in [0.5, 0.6) is 5.75 Å². The fourth-order valence-corrected chi connectivity index (χ4v) is 3.14. The van der Waals surface area contributed by atoms with Gasteiger partial charge in [0.1, 0.15) is 17.4 Å². The molecule has 0 saturated carbocycles. The van der Waals surface area contributed by atoms with Crippen molar-refractivity contribution in [3.8, 4) is 5.75 Å². The number of aromatic nitrogens is 1.